The van der Waals surface area contributed by atoms with Crippen LogP contribution in [-0.4, -0.2) is 35.1 Å². The second-order valence-electron chi connectivity index (χ2n) is 3.94. The van der Waals surface area contributed by atoms with Gasteiger partial charge in [0.15, 0.2) is 0 Å². The standard InChI is InChI=1S/C12H14Br2N2O3/c1-3-16(6-10(17)18)12(19)15-11-8(13)4-7(2)5-9(11)14/h4-5H,3,6H2,1-2H3,(H,15,19)(H,17,18). The van der Waals surface area contributed by atoms with E-state index in [4.69, 9.17) is 5.11 Å². The number of carbonyl (C=O) groups excluding carboxylic acids is 1. The Bertz CT molecular complexity index is 483. The largest absolute Gasteiger partial charge is 0.480 e. The van der Waals surface area contributed by atoms with Gasteiger partial charge in [-0.2, -0.15) is 0 Å². The molecular weight excluding hydrogens is 380 g/mol. The molecule has 7 heteroatoms. The Morgan fingerprint density at radius 2 is 1.84 bits per heavy atom. The van der Waals surface area contributed by atoms with Crippen molar-refractivity contribution in [2.75, 3.05) is 18.4 Å². The summed E-state index contributed by atoms with van der Waals surface area (Å²) < 4.78 is 1.47. The summed E-state index contributed by atoms with van der Waals surface area (Å²) in [6.45, 7) is 3.65. The van der Waals surface area contributed by atoms with Gasteiger partial charge in [0.05, 0.1) is 5.69 Å². The predicted molar refractivity (Wildman–Crippen MR) is 80.5 cm³/mol. The van der Waals surface area contributed by atoms with Gasteiger partial charge < -0.3 is 15.3 Å². The molecule has 19 heavy (non-hydrogen) atoms. The van der Waals surface area contributed by atoms with Crippen LogP contribution in [0.4, 0.5) is 10.5 Å². The molecule has 5 nitrogen and oxygen atoms in total. The number of carboxylic acid groups (broad SMARTS) is 1. The Hall–Kier alpha value is -1.08. The molecule has 104 valence electrons. The summed E-state index contributed by atoms with van der Waals surface area (Å²) in [5.74, 6) is -1.04. The van der Waals surface area contributed by atoms with Crippen LogP contribution in [0.1, 0.15) is 12.5 Å². The maximum absolute atomic E-state index is 12.0. The van der Waals surface area contributed by atoms with Crippen LogP contribution in [0.15, 0.2) is 21.1 Å². The van der Waals surface area contributed by atoms with E-state index in [-0.39, 0.29) is 6.54 Å². The lowest BCUT2D eigenvalue weighted by atomic mass is 10.2. The second-order valence-corrected chi connectivity index (χ2v) is 5.65. The van der Waals surface area contributed by atoms with Gasteiger partial charge in [0.25, 0.3) is 0 Å². The third kappa shape index (κ3) is 4.50. The second kappa shape index (κ2) is 6.91. The lowest BCUT2D eigenvalue weighted by Gasteiger charge is -2.20. The van der Waals surface area contributed by atoms with E-state index in [2.05, 4.69) is 37.2 Å². The van der Waals surface area contributed by atoms with Gasteiger partial charge in [-0.05, 0) is 63.4 Å². The number of hydrogen-bond acceptors (Lipinski definition) is 2. The third-order valence-corrected chi connectivity index (χ3v) is 3.66. The molecule has 1 rings (SSSR count). The van der Waals surface area contributed by atoms with Crippen molar-refractivity contribution in [1.82, 2.24) is 4.90 Å². The number of nitrogens with zero attached hydrogens (tertiary/aromatic N) is 1. The Morgan fingerprint density at radius 3 is 2.26 bits per heavy atom. The molecule has 0 heterocycles. The summed E-state index contributed by atoms with van der Waals surface area (Å²) in [5.41, 5.74) is 1.62. The maximum atomic E-state index is 12.0. The van der Waals surface area contributed by atoms with Crippen molar-refractivity contribution in [2.24, 2.45) is 0 Å². The molecule has 2 amide bonds. The van der Waals surface area contributed by atoms with Gasteiger partial charge in [0.1, 0.15) is 6.54 Å². The van der Waals surface area contributed by atoms with Gasteiger partial charge in [-0.15, -0.1) is 0 Å². The van der Waals surface area contributed by atoms with E-state index in [9.17, 15) is 9.59 Å². The summed E-state index contributed by atoms with van der Waals surface area (Å²) in [6, 6.07) is 3.29. The van der Waals surface area contributed by atoms with Gasteiger partial charge in [0, 0.05) is 15.5 Å². The fraction of sp³-hybridized carbons (Fsp3) is 0.333. The minimum Gasteiger partial charge on any atom is -0.480 e. The van der Waals surface area contributed by atoms with Crippen molar-refractivity contribution < 1.29 is 14.7 Å². The quantitative estimate of drug-likeness (QED) is 0.822. The molecular formula is C12H14Br2N2O3. The lowest BCUT2D eigenvalue weighted by Crippen LogP contribution is -2.38. The van der Waals surface area contributed by atoms with Gasteiger partial charge in [-0.25, -0.2) is 4.79 Å². The number of urea groups is 1. The van der Waals surface area contributed by atoms with Gasteiger partial charge >= 0.3 is 12.0 Å². The van der Waals surface area contributed by atoms with E-state index in [0.29, 0.717) is 12.2 Å². The SMILES string of the molecule is CCN(CC(=O)O)C(=O)Nc1c(Br)cc(C)cc1Br. The summed E-state index contributed by atoms with van der Waals surface area (Å²) in [7, 11) is 0. The molecule has 0 spiro atoms. The Kier molecular flexibility index (Phi) is 5.81. The smallest absolute Gasteiger partial charge is 0.323 e. The zero-order chi connectivity index (χ0) is 14.6. The number of amides is 2. The highest BCUT2D eigenvalue weighted by Gasteiger charge is 2.17. The number of anilines is 1. The maximum Gasteiger partial charge on any atom is 0.323 e. The number of carbonyl (C=O) groups is 2. The molecule has 0 bridgehead atoms. The summed E-state index contributed by atoms with van der Waals surface area (Å²) in [5, 5.41) is 11.4. The van der Waals surface area contributed by atoms with Crippen LogP contribution in [0, 0.1) is 6.92 Å². The van der Waals surface area contributed by atoms with Crippen molar-refractivity contribution in [2.45, 2.75) is 13.8 Å². The van der Waals surface area contributed by atoms with E-state index in [0.717, 1.165) is 14.5 Å². The number of aliphatic carboxylic acids is 1. The van der Waals surface area contributed by atoms with Crippen LogP contribution in [0.25, 0.3) is 0 Å². The van der Waals surface area contributed by atoms with E-state index >= 15 is 0 Å². The van der Waals surface area contributed by atoms with Gasteiger partial charge in [-0.3, -0.25) is 4.79 Å². The Labute approximate surface area is 128 Å². The molecule has 1 aromatic carbocycles. The average Bonchev–Trinajstić information content (AvgIpc) is 2.30. The number of benzene rings is 1. The van der Waals surface area contributed by atoms with E-state index < -0.39 is 12.0 Å². The summed E-state index contributed by atoms with van der Waals surface area (Å²) in [6.07, 6.45) is 0. The topological polar surface area (TPSA) is 69.6 Å². The molecule has 0 radical (unpaired) electrons. The van der Waals surface area contributed by atoms with Gasteiger partial charge in [0.2, 0.25) is 0 Å². The van der Waals surface area contributed by atoms with Crippen LogP contribution >= 0.6 is 31.9 Å². The van der Waals surface area contributed by atoms with E-state index in [1.807, 2.05) is 19.1 Å². The highest BCUT2D eigenvalue weighted by molar-refractivity contribution is 9.11. The number of halogens is 2. The Morgan fingerprint density at radius 1 is 1.32 bits per heavy atom. The van der Waals surface area contributed by atoms with Crippen LogP contribution in [0.2, 0.25) is 0 Å². The van der Waals surface area contributed by atoms with E-state index in [1.54, 1.807) is 6.92 Å². The Balaban J connectivity index is 2.90. The predicted octanol–water partition coefficient (Wildman–Crippen LogP) is 3.46. The minimum atomic E-state index is -1.04. The third-order valence-electron chi connectivity index (χ3n) is 2.41. The van der Waals surface area contributed by atoms with Gasteiger partial charge in [-0.1, -0.05) is 0 Å². The first kappa shape index (κ1) is 16.0. The number of nitrogens with one attached hydrogen (secondary N) is 1. The highest BCUT2D eigenvalue weighted by atomic mass is 79.9. The van der Waals surface area contributed by atoms with E-state index in [1.165, 1.54) is 4.90 Å². The number of hydrogen-bond donors (Lipinski definition) is 2. The van der Waals surface area contributed by atoms with Crippen molar-refractivity contribution in [3.63, 3.8) is 0 Å². The molecule has 0 aromatic heterocycles. The first-order valence-electron chi connectivity index (χ1n) is 5.58. The molecule has 0 unspecified atom stereocenters. The van der Waals surface area contributed by atoms with Crippen molar-refractivity contribution in [1.29, 1.82) is 0 Å². The molecule has 1 aromatic rings. The number of carboxylic acids is 1. The average molecular weight is 394 g/mol. The molecule has 0 aliphatic carbocycles. The molecule has 0 saturated heterocycles. The van der Waals surface area contributed by atoms with Crippen LogP contribution in [0.5, 0.6) is 0 Å². The van der Waals surface area contributed by atoms with Crippen LogP contribution < -0.4 is 5.32 Å². The first-order valence-corrected chi connectivity index (χ1v) is 7.17. The van der Waals surface area contributed by atoms with Crippen molar-refractivity contribution in [3.05, 3.63) is 26.6 Å². The summed E-state index contributed by atoms with van der Waals surface area (Å²) in [4.78, 5) is 23.9. The molecule has 0 aliphatic heterocycles. The monoisotopic (exact) mass is 392 g/mol. The highest BCUT2D eigenvalue weighted by Crippen LogP contribution is 2.32. The number of likely N-dealkylation sites (N-methyl/N-ethyl adjacent to an activating group) is 1. The zero-order valence-electron chi connectivity index (χ0n) is 10.5. The minimum absolute atomic E-state index is 0.319. The summed E-state index contributed by atoms with van der Waals surface area (Å²) >= 11 is 6.74. The fourth-order valence-electron chi connectivity index (χ4n) is 1.50. The molecule has 2 N–H and O–H groups in total. The van der Waals surface area contributed by atoms with Crippen molar-refractivity contribution in [3.8, 4) is 0 Å². The first-order chi connectivity index (χ1) is 8.85. The molecule has 0 atom stereocenters. The van der Waals surface area contributed by atoms with Crippen molar-refractivity contribution >= 4 is 49.5 Å². The lowest BCUT2D eigenvalue weighted by molar-refractivity contribution is -0.137. The fourth-order valence-corrected chi connectivity index (χ4v) is 3.11. The number of rotatable bonds is 4. The zero-order valence-corrected chi connectivity index (χ0v) is 13.7. The molecule has 0 aliphatic rings. The van der Waals surface area contributed by atoms with Crippen LogP contribution in [-0.2, 0) is 4.79 Å². The molecule has 0 saturated carbocycles. The molecule has 0 fully saturated rings. The van der Waals surface area contributed by atoms with Crippen LogP contribution in [0.3, 0.4) is 0 Å². The normalized spacial score (nSPS) is 10.1. The number of aryl methyl sites for hydroxylation is 1.